The van der Waals surface area contributed by atoms with E-state index in [1.165, 1.54) is 0 Å². The second-order valence-electron chi connectivity index (χ2n) is 4.45. The van der Waals surface area contributed by atoms with Gasteiger partial charge in [-0.05, 0) is 27.7 Å². The van der Waals surface area contributed by atoms with Crippen molar-refractivity contribution in [3.8, 4) is 0 Å². The molecule has 17 heavy (non-hydrogen) atoms. The molecule has 6 heteroatoms. The van der Waals surface area contributed by atoms with Crippen molar-refractivity contribution in [2.75, 3.05) is 5.75 Å². The monoisotopic (exact) mass is 260 g/mol. The second-order valence-corrected chi connectivity index (χ2v) is 7.12. The first-order valence-corrected chi connectivity index (χ1v) is 7.36. The zero-order valence-corrected chi connectivity index (χ0v) is 11.6. The highest BCUT2D eigenvalue weighted by Crippen LogP contribution is 2.13. The summed E-state index contributed by atoms with van der Waals surface area (Å²) in [5, 5.41) is 13.0. The number of sulfone groups is 1. The molecular formula is C11H20N2O3S. The molecule has 0 aliphatic carbocycles. The van der Waals surface area contributed by atoms with Gasteiger partial charge in [-0.25, -0.2) is 8.42 Å². The lowest BCUT2D eigenvalue weighted by Crippen LogP contribution is -2.22. The highest BCUT2D eigenvalue weighted by molar-refractivity contribution is 7.91. The molecule has 1 rings (SSSR count). The molecule has 1 N–H and O–H groups in total. The van der Waals surface area contributed by atoms with Gasteiger partial charge in [0.05, 0.1) is 29.8 Å². The Morgan fingerprint density at radius 2 is 1.94 bits per heavy atom. The quantitative estimate of drug-likeness (QED) is 0.850. The Labute approximate surface area is 102 Å². The number of hydrogen-bond acceptors (Lipinski definition) is 4. The Morgan fingerprint density at radius 3 is 2.35 bits per heavy atom. The van der Waals surface area contributed by atoms with Gasteiger partial charge in [0.2, 0.25) is 0 Å². The Morgan fingerprint density at radius 1 is 1.35 bits per heavy atom. The Kier molecular flexibility index (Phi) is 4.32. The van der Waals surface area contributed by atoms with Crippen LogP contribution in [0.3, 0.4) is 0 Å². The van der Waals surface area contributed by atoms with Crippen molar-refractivity contribution in [3.63, 3.8) is 0 Å². The van der Waals surface area contributed by atoms with Crippen LogP contribution in [-0.2, 0) is 23.0 Å². The summed E-state index contributed by atoms with van der Waals surface area (Å²) in [5.74, 6) is 0.0808. The molecule has 0 fully saturated rings. The fourth-order valence-electron chi connectivity index (χ4n) is 1.63. The second kappa shape index (κ2) is 5.18. The molecule has 98 valence electrons. The van der Waals surface area contributed by atoms with Crippen LogP contribution in [0.25, 0.3) is 0 Å². The molecular weight excluding hydrogens is 240 g/mol. The van der Waals surface area contributed by atoms with Gasteiger partial charge in [-0.1, -0.05) is 0 Å². The van der Waals surface area contributed by atoms with Gasteiger partial charge in [-0.2, -0.15) is 5.10 Å². The van der Waals surface area contributed by atoms with E-state index in [4.69, 9.17) is 5.11 Å². The highest BCUT2D eigenvalue weighted by Gasteiger charge is 2.17. The van der Waals surface area contributed by atoms with Crippen LogP contribution >= 0.6 is 0 Å². The van der Waals surface area contributed by atoms with Crippen molar-refractivity contribution in [1.29, 1.82) is 0 Å². The number of hydrogen-bond donors (Lipinski definition) is 1. The molecule has 0 aromatic carbocycles. The van der Waals surface area contributed by atoms with Crippen molar-refractivity contribution < 1.29 is 13.5 Å². The van der Waals surface area contributed by atoms with E-state index in [0.717, 1.165) is 17.0 Å². The fraction of sp³-hybridized carbons (Fsp3) is 0.727. The van der Waals surface area contributed by atoms with Crippen molar-refractivity contribution in [2.24, 2.45) is 0 Å². The summed E-state index contributed by atoms with van der Waals surface area (Å²) in [6.07, 6.45) is 0. The summed E-state index contributed by atoms with van der Waals surface area (Å²) < 4.78 is 25.0. The van der Waals surface area contributed by atoms with Crippen molar-refractivity contribution >= 4 is 9.84 Å². The summed E-state index contributed by atoms with van der Waals surface area (Å²) in [5.41, 5.74) is 2.38. The van der Waals surface area contributed by atoms with Gasteiger partial charge < -0.3 is 5.11 Å². The van der Waals surface area contributed by atoms with Crippen LogP contribution in [0.15, 0.2) is 0 Å². The zero-order valence-electron chi connectivity index (χ0n) is 10.8. The topological polar surface area (TPSA) is 72.2 Å². The molecule has 0 aliphatic heterocycles. The number of aliphatic hydroxyl groups excluding tert-OH is 1. The maximum Gasteiger partial charge on any atom is 0.154 e. The molecule has 0 bridgehead atoms. The first-order valence-electron chi connectivity index (χ1n) is 5.65. The van der Waals surface area contributed by atoms with E-state index in [2.05, 4.69) is 5.10 Å². The van der Waals surface area contributed by atoms with Gasteiger partial charge in [0.15, 0.2) is 9.84 Å². The molecule has 1 aromatic heterocycles. The minimum absolute atomic E-state index is 0.0609. The normalized spacial score (nSPS) is 12.4. The standard InChI is InChI=1S/C11H20N2O3S/c1-8(2)17(15,16)6-5-13-10(4)11(7-14)9(3)12-13/h8,14H,5-7H2,1-4H3. The maximum absolute atomic E-state index is 11.7. The van der Waals surface area contributed by atoms with Crippen LogP contribution in [0.2, 0.25) is 0 Å². The number of aliphatic hydroxyl groups is 1. The van der Waals surface area contributed by atoms with Crippen molar-refractivity contribution in [1.82, 2.24) is 9.78 Å². The van der Waals surface area contributed by atoms with Crippen molar-refractivity contribution in [3.05, 3.63) is 17.0 Å². The number of nitrogens with zero attached hydrogens (tertiary/aromatic N) is 2. The van der Waals surface area contributed by atoms with Crippen LogP contribution in [0, 0.1) is 13.8 Å². The number of aryl methyl sites for hydroxylation is 2. The lowest BCUT2D eigenvalue weighted by molar-refractivity contribution is 0.280. The molecule has 0 aliphatic rings. The molecule has 0 unspecified atom stereocenters. The smallest absolute Gasteiger partial charge is 0.154 e. The fourth-order valence-corrected chi connectivity index (χ4v) is 2.53. The van der Waals surface area contributed by atoms with E-state index in [-0.39, 0.29) is 17.6 Å². The van der Waals surface area contributed by atoms with Crippen LogP contribution in [0.1, 0.15) is 30.8 Å². The summed E-state index contributed by atoms with van der Waals surface area (Å²) in [7, 11) is -3.05. The minimum Gasteiger partial charge on any atom is -0.392 e. The van der Waals surface area contributed by atoms with E-state index >= 15 is 0 Å². The highest BCUT2D eigenvalue weighted by atomic mass is 32.2. The summed E-state index contributed by atoms with van der Waals surface area (Å²) >= 11 is 0. The lowest BCUT2D eigenvalue weighted by atomic mass is 10.2. The average molecular weight is 260 g/mol. The van der Waals surface area contributed by atoms with Crippen LogP contribution in [-0.4, -0.2) is 34.3 Å². The van der Waals surface area contributed by atoms with E-state index in [9.17, 15) is 8.42 Å². The largest absolute Gasteiger partial charge is 0.392 e. The first kappa shape index (κ1) is 14.2. The van der Waals surface area contributed by atoms with Crippen LogP contribution < -0.4 is 0 Å². The minimum atomic E-state index is -3.05. The van der Waals surface area contributed by atoms with Gasteiger partial charge in [0.25, 0.3) is 0 Å². The SMILES string of the molecule is Cc1nn(CCS(=O)(=O)C(C)C)c(C)c1CO. The Hall–Kier alpha value is -0.880. The molecule has 0 radical (unpaired) electrons. The third-order valence-electron chi connectivity index (χ3n) is 3.00. The third-order valence-corrected chi connectivity index (χ3v) is 5.18. The molecule has 0 amide bonds. The third kappa shape index (κ3) is 3.07. The summed E-state index contributed by atoms with van der Waals surface area (Å²) in [6.45, 7) is 7.28. The van der Waals surface area contributed by atoms with E-state index in [1.807, 2.05) is 13.8 Å². The predicted octanol–water partition coefficient (Wildman–Crippen LogP) is 0.815. The molecule has 0 spiro atoms. The Bertz CT molecular complexity index is 489. The van der Waals surface area contributed by atoms with Gasteiger partial charge >= 0.3 is 0 Å². The van der Waals surface area contributed by atoms with Crippen LogP contribution in [0.5, 0.6) is 0 Å². The molecule has 1 heterocycles. The Balaban J connectivity index is 2.84. The first-order chi connectivity index (χ1) is 7.79. The van der Waals surface area contributed by atoms with Gasteiger partial charge in [0.1, 0.15) is 0 Å². The number of aromatic nitrogens is 2. The van der Waals surface area contributed by atoms with Gasteiger partial charge in [-0.3, -0.25) is 4.68 Å². The summed E-state index contributed by atoms with van der Waals surface area (Å²) in [6, 6.07) is 0. The lowest BCUT2D eigenvalue weighted by Gasteiger charge is -2.08. The average Bonchev–Trinajstić information content (AvgIpc) is 2.50. The molecule has 1 aromatic rings. The van der Waals surface area contributed by atoms with Gasteiger partial charge in [-0.15, -0.1) is 0 Å². The molecule has 0 atom stereocenters. The van der Waals surface area contributed by atoms with Gasteiger partial charge in [0, 0.05) is 11.3 Å². The number of rotatable bonds is 5. The molecule has 0 saturated heterocycles. The molecule has 0 saturated carbocycles. The van der Waals surface area contributed by atoms with Crippen LogP contribution in [0.4, 0.5) is 0 Å². The predicted molar refractivity (Wildman–Crippen MR) is 66.5 cm³/mol. The van der Waals surface area contributed by atoms with E-state index < -0.39 is 9.84 Å². The van der Waals surface area contributed by atoms with Crippen molar-refractivity contribution in [2.45, 2.75) is 46.1 Å². The molecule has 5 nitrogen and oxygen atoms in total. The van der Waals surface area contributed by atoms with E-state index in [0.29, 0.717) is 6.54 Å². The summed E-state index contributed by atoms with van der Waals surface area (Å²) in [4.78, 5) is 0. The maximum atomic E-state index is 11.7. The van der Waals surface area contributed by atoms with E-state index in [1.54, 1.807) is 18.5 Å². The zero-order chi connectivity index (χ0) is 13.2.